The van der Waals surface area contributed by atoms with Gasteiger partial charge < -0.3 is 9.30 Å². The summed E-state index contributed by atoms with van der Waals surface area (Å²) in [6, 6.07) is 24.6. The van der Waals surface area contributed by atoms with Gasteiger partial charge >= 0.3 is 0 Å². The van der Waals surface area contributed by atoms with Crippen LogP contribution in [0.5, 0.6) is 5.75 Å². The first-order valence-electron chi connectivity index (χ1n) is 10.4. The van der Waals surface area contributed by atoms with E-state index in [1.165, 1.54) is 0 Å². The molecule has 0 aliphatic carbocycles. The molecular formula is C26H24N2O3S. The summed E-state index contributed by atoms with van der Waals surface area (Å²) in [5, 5.41) is -0.0297. The zero-order valence-electron chi connectivity index (χ0n) is 18.0. The summed E-state index contributed by atoms with van der Waals surface area (Å²) in [4.78, 5) is 30.2. The van der Waals surface area contributed by atoms with Crippen LogP contribution in [0, 0.1) is 6.92 Å². The van der Waals surface area contributed by atoms with Crippen LogP contribution < -0.4 is 4.74 Å². The fraction of sp³-hybridized carbons (Fsp3) is 0.192. The van der Waals surface area contributed by atoms with E-state index in [2.05, 4.69) is 9.55 Å². The van der Waals surface area contributed by atoms with Crippen LogP contribution >= 0.6 is 11.8 Å². The first-order valence-corrected chi connectivity index (χ1v) is 11.4. The Kier molecular flexibility index (Phi) is 6.71. The van der Waals surface area contributed by atoms with Crippen molar-refractivity contribution >= 4 is 33.7 Å². The lowest BCUT2D eigenvalue weighted by molar-refractivity contribution is -0.111. The number of nitrogens with zero attached hydrogens (tertiary/aromatic N) is 2. The molecule has 0 radical (unpaired) electrons. The van der Waals surface area contributed by atoms with Gasteiger partial charge in [0.25, 0.3) is 0 Å². The number of aromatic nitrogens is 2. The zero-order valence-corrected chi connectivity index (χ0v) is 18.8. The largest absolute Gasteiger partial charge is 0.497 e. The number of benzene rings is 3. The number of carbonyl (C=O) groups is 2. The third kappa shape index (κ3) is 4.75. The average molecular weight is 445 g/mol. The van der Waals surface area contributed by atoms with Gasteiger partial charge in [-0.1, -0.05) is 54.2 Å². The quantitative estimate of drug-likeness (QED) is 0.337. The fourth-order valence-electron chi connectivity index (χ4n) is 3.81. The van der Waals surface area contributed by atoms with Crippen molar-refractivity contribution in [3.63, 3.8) is 0 Å². The summed E-state index contributed by atoms with van der Waals surface area (Å²) in [7, 11) is 1.58. The molecule has 0 saturated heterocycles. The summed E-state index contributed by atoms with van der Waals surface area (Å²) in [6.07, 6.45) is 0.270. The number of ether oxygens (including phenoxy) is 1. The highest BCUT2D eigenvalue weighted by atomic mass is 32.2. The van der Waals surface area contributed by atoms with Crippen LogP contribution in [0.15, 0.2) is 78.9 Å². The molecule has 4 rings (SSSR count). The lowest BCUT2D eigenvalue weighted by Gasteiger charge is -2.21. The van der Waals surface area contributed by atoms with Crippen molar-refractivity contribution in [2.45, 2.75) is 19.4 Å². The standard InChI is InChI=1S/C26H24N2O3S/c1-18-27-22-10-6-7-11-23(22)28(18)24(19-8-4-3-5-9-19)16-26(30)32-17-25(29)20-12-14-21(31-2)15-13-20/h3-15,24H,16-17H2,1-2H3. The van der Waals surface area contributed by atoms with Crippen LogP contribution in [-0.2, 0) is 4.79 Å². The van der Waals surface area contributed by atoms with Gasteiger partial charge in [-0.15, -0.1) is 0 Å². The molecule has 3 aromatic carbocycles. The van der Waals surface area contributed by atoms with E-state index in [1.807, 2.05) is 61.5 Å². The molecule has 1 heterocycles. The number of hydrogen-bond donors (Lipinski definition) is 0. The number of aryl methyl sites for hydroxylation is 1. The summed E-state index contributed by atoms with van der Waals surface area (Å²) in [5.41, 5.74) is 3.50. The molecule has 0 saturated carbocycles. The Balaban J connectivity index is 1.53. The third-order valence-corrected chi connectivity index (χ3v) is 6.30. The van der Waals surface area contributed by atoms with Crippen molar-refractivity contribution in [2.24, 2.45) is 0 Å². The van der Waals surface area contributed by atoms with Gasteiger partial charge in [-0.3, -0.25) is 9.59 Å². The molecule has 32 heavy (non-hydrogen) atoms. The molecule has 0 amide bonds. The van der Waals surface area contributed by atoms with Gasteiger partial charge in [-0.05, 0) is 48.9 Å². The number of methoxy groups -OCH3 is 1. The van der Waals surface area contributed by atoms with E-state index >= 15 is 0 Å². The monoisotopic (exact) mass is 444 g/mol. The van der Waals surface area contributed by atoms with Crippen LogP contribution in [0.2, 0.25) is 0 Å². The molecule has 4 aromatic rings. The second-order valence-corrected chi connectivity index (χ2v) is 8.49. The van der Waals surface area contributed by atoms with Gasteiger partial charge in [0.15, 0.2) is 10.9 Å². The van der Waals surface area contributed by atoms with Gasteiger partial charge in [-0.25, -0.2) is 4.98 Å². The molecule has 0 aliphatic heterocycles. The molecule has 0 N–H and O–H groups in total. The molecule has 1 atom stereocenters. The Morgan fingerprint density at radius 1 is 0.969 bits per heavy atom. The third-order valence-electron chi connectivity index (χ3n) is 5.40. The molecule has 0 fully saturated rings. The smallest absolute Gasteiger partial charge is 0.191 e. The average Bonchev–Trinajstić information content (AvgIpc) is 3.17. The second-order valence-electron chi connectivity index (χ2n) is 7.46. The Labute approximate surface area is 191 Å². The maximum atomic E-state index is 13.0. The van der Waals surface area contributed by atoms with Gasteiger partial charge in [0.05, 0.1) is 29.9 Å². The molecule has 0 spiro atoms. The number of fused-ring (bicyclic) bond motifs is 1. The van der Waals surface area contributed by atoms with E-state index in [4.69, 9.17) is 4.74 Å². The lowest BCUT2D eigenvalue weighted by Crippen LogP contribution is -2.16. The minimum Gasteiger partial charge on any atom is -0.497 e. The maximum Gasteiger partial charge on any atom is 0.191 e. The van der Waals surface area contributed by atoms with E-state index in [0.717, 1.165) is 34.2 Å². The number of thioether (sulfide) groups is 1. The second kappa shape index (κ2) is 9.83. The van der Waals surface area contributed by atoms with Crippen LogP contribution in [-0.4, -0.2) is 33.3 Å². The van der Waals surface area contributed by atoms with E-state index < -0.39 is 0 Å². The molecule has 0 bridgehead atoms. The maximum absolute atomic E-state index is 13.0. The van der Waals surface area contributed by atoms with E-state index in [0.29, 0.717) is 11.3 Å². The minimum atomic E-state index is -0.195. The number of rotatable bonds is 8. The summed E-state index contributed by atoms with van der Waals surface area (Å²) in [5.74, 6) is 1.58. The Hall–Kier alpha value is -3.38. The van der Waals surface area contributed by atoms with E-state index in [1.54, 1.807) is 31.4 Å². The molecule has 1 unspecified atom stereocenters. The first-order chi connectivity index (χ1) is 15.6. The van der Waals surface area contributed by atoms with Crippen LogP contribution in [0.4, 0.5) is 0 Å². The molecule has 0 aliphatic rings. The lowest BCUT2D eigenvalue weighted by atomic mass is 10.0. The molecular weight excluding hydrogens is 420 g/mol. The minimum absolute atomic E-state index is 0.0297. The normalized spacial score (nSPS) is 11.9. The predicted octanol–water partition coefficient (Wildman–Crippen LogP) is 5.48. The van der Waals surface area contributed by atoms with Crippen LogP contribution in [0.25, 0.3) is 11.0 Å². The highest BCUT2D eigenvalue weighted by Crippen LogP contribution is 2.30. The van der Waals surface area contributed by atoms with Gasteiger partial charge in [0, 0.05) is 12.0 Å². The zero-order chi connectivity index (χ0) is 22.5. The van der Waals surface area contributed by atoms with Crippen molar-refractivity contribution < 1.29 is 14.3 Å². The summed E-state index contributed by atoms with van der Waals surface area (Å²) < 4.78 is 7.25. The Morgan fingerprint density at radius 3 is 2.38 bits per heavy atom. The number of para-hydroxylation sites is 2. The van der Waals surface area contributed by atoms with Crippen LogP contribution in [0.3, 0.4) is 0 Å². The number of hydrogen-bond acceptors (Lipinski definition) is 5. The summed E-state index contributed by atoms with van der Waals surface area (Å²) >= 11 is 1.07. The number of ketones is 1. The van der Waals surface area contributed by atoms with Crippen molar-refractivity contribution in [2.75, 3.05) is 12.9 Å². The van der Waals surface area contributed by atoms with Gasteiger partial charge in [0.1, 0.15) is 11.6 Å². The Bertz CT molecular complexity index is 1230. The number of carbonyl (C=O) groups excluding carboxylic acids is 2. The fourth-order valence-corrected chi connectivity index (χ4v) is 4.55. The van der Waals surface area contributed by atoms with Crippen molar-refractivity contribution in [1.29, 1.82) is 0 Å². The first kappa shape index (κ1) is 21.8. The number of Topliss-reactive ketones (excluding diaryl/α,β-unsaturated/α-hetero) is 1. The van der Waals surface area contributed by atoms with Crippen molar-refractivity contribution in [3.05, 3.63) is 95.8 Å². The molecule has 6 heteroatoms. The summed E-state index contributed by atoms with van der Waals surface area (Å²) in [6.45, 7) is 1.96. The van der Waals surface area contributed by atoms with Crippen molar-refractivity contribution in [3.8, 4) is 5.75 Å². The molecule has 1 aromatic heterocycles. The Morgan fingerprint density at radius 2 is 1.66 bits per heavy atom. The van der Waals surface area contributed by atoms with E-state index in [9.17, 15) is 9.59 Å². The van der Waals surface area contributed by atoms with E-state index in [-0.39, 0.29) is 29.1 Å². The van der Waals surface area contributed by atoms with Crippen LogP contribution in [0.1, 0.15) is 34.2 Å². The number of imidazole rings is 1. The van der Waals surface area contributed by atoms with Crippen molar-refractivity contribution in [1.82, 2.24) is 9.55 Å². The topological polar surface area (TPSA) is 61.2 Å². The highest BCUT2D eigenvalue weighted by molar-refractivity contribution is 8.14. The highest BCUT2D eigenvalue weighted by Gasteiger charge is 2.23. The molecule has 5 nitrogen and oxygen atoms in total. The molecule has 162 valence electrons. The van der Waals surface area contributed by atoms with Gasteiger partial charge in [0.2, 0.25) is 0 Å². The predicted molar refractivity (Wildman–Crippen MR) is 128 cm³/mol. The van der Waals surface area contributed by atoms with Gasteiger partial charge in [-0.2, -0.15) is 0 Å². The SMILES string of the molecule is COc1ccc(C(=O)CSC(=O)CC(c2ccccc2)n2c(C)nc3ccccc32)cc1.